The van der Waals surface area contributed by atoms with Gasteiger partial charge in [-0.1, -0.05) is 17.8 Å². The molecule has 0 aliphatic carbocycles. The standard InChI is InChI=1S/C18H24N6OS/c1-3-8-24-17(19)21-22-18(24)26-12-16(25)20-15-7-6-14(11-13(15)2)23-9-4-5-10-23/h3,6-7,11H,1,4-5,8-10,12H2,2H3,(H2,19,21)(H,20,25). The number of hydrogen-bond acceptors (Lipinski definition) is 6. The molecular weight excluding hydrogens is 348 g/mol. The lowest BCUT2D eigenvalue weighted by molar-refractivity contribution is -0.113. The summed E-state index contributed by atoms with van der Waals surface area (Å²) in [6.07, 6.45) is 4.21. The van der Waals surface area contributed by atoms with E-state index >= 15 is 0 Å². The smallest absolute Gasteiger partial charge is 0.234 e. The lowest BCUT2D eigenvalue weighted by Crippen LogP contribution is -2.18. The molecule has 0 radical (unpaired) electrons. The monoisotopic (exact) mass is 372 g/mol. The Hall–Kier alpha value is -2.48. The molecule has 8 heteroatoms. The van der Waals surface area contributed by atoms with Gasteiger partial charge in [-0.2, -0.15) is 0 Å². The van der Waals surface area contributed by atoms with Crippen LogP contribution in [-0.4, -0.2) is 39.5 Å². The predicted octanol–water partition coefficient (Wildman–Crippen LogP) is 2.69. The minimum absolute atomic E-state index is 0.0845. The zero-order chi connectivity index (χ0) is 18.5. The molecule has 1 aromatic heterocycles. The van der Waals surface area contributed by atoms with Gasteiger partial charge < -0.3 is 16.0 Å². The van der Waals surface area contributed by atoms with Crippen molar-refractivity contribution >= 4 is 35.0 Å². The zero-order valence-corrected chi connectivity index (χ0v) is 15.8. The molecular formula is C18H24N6OS. The molecule has 1 aliphatic rings. The molecule has 1 amide bonds. The Balaban J connectivity index is 1.59. The van der Waals surface area contributed by atoms with Gasteiger partial charge in [0.05, 0.1) is 5.75 Å². The van der Waals surface area contributed by atoms with Crippen molar-refractivity contribution in [1.82, 2.24) is 14.8 Å². The van der Waals surface area contributed by atoms with Crippen LogP contribution in [0.1, 0.15) is 18.4 Å². The Bertz CT molecular complexity index is 797. The third-order valence-electron chi connectivity index (χ3n) is 4.34. The van der Waals surface area contributed by atoms with Crippen molar-refractivity contribution in [2.45, 2.75) is 31.5 Å². The first kappa shape index (κ1) is 18.3. The fraction of sp³-hybridized carbons (Fsp3) is 0.389. The van der Waals surface area contributed by atoms with Crippen molar-refractivity contribution in [3.8, 4) is 0 Å². The van der Waals surface area contributed by atoms with E-state index in [2.05, 4.69) is 39.1 Å². The largest absolute Gasteiger partial charge is 0.372 e. The Morgan fingerprint density at radius 1 is 1.38 bits per heavy atom. The number of aryl methyl sites for hydroxylation is 1. The second-order valence-corrected chi connectivity index (χ2v) is 7.21. The first-order chi connectivity index (χ1) is 12.6. The summed E-state index contributed by atoms with van der Waals surface area (Å²) < 4.78 is 1.72. The molecule has 1 aromatic carbocycles. The van der Waals surface area contributed by atoms with E-state index in [-0.39, 0.29) is 11.7 Å². The first-order valence-corrected chi connectivity index (χ1v) is 9.65. The van der Waals surface area contributed by atoms with Crippen molar-refractivity contribution in [2.24, 2.45) is 0 Å². The SMILES string of the molecule is C=CCn1c(N)nnc1SCC(=O)Nc1ccc(N2CCCC2)cc1C. The average Bonchev–Trinajstić information content (AvgIpc) is 3.27. The summed E-state index contributed by atoms with van der Waals surface area (Å²) in [5.41, 5.74) is 8.89. The molecule has 2 aromatic rings. The number of carbonyl (C=O) groups excluding carboxylic acids is 1. The molecule has 0 bridgehead atoms. The van der Waals surface area contributed by atoms with Crippen molar-refractivity contribution in [3.05, 3.63) is 36.4 Å². The molecule has 3 rings (SSSR count). The Kier molecular flexibility index (Phi) is 5.82. The van der Waals surface area contributed by atoms with Gasteiger partial charge >= 0.3 is 0 Å². The number of anilines is 3. The van der Waals surface area contributed by atoms with Crippen LogP contribution in [0.15, 0.2) is 36.0 Å². The van der Waals surface area contributed by atoms with Crippen LogP contribution in [0.25, 0.3) is 0 Å². The summed E-state index contributed by atoms with van der Waals surface area (Å²) >= 11 is 1.31. The molecule has 3 N–H and O–H groups in total. The van der Waals surface area contributed by atoms with Crippen molar-refractivity contribution < 1.29 is 4.79 Å². The number of nitrogen functional groups attached to an aromatic ring is 1. The molecule has 138 valence electrons. The Labute approximate surface area is 157 Å². The fourth-order valence-corrected chi connectivity index (χ4v) is 3.74. The van der Waals surface area contributed by atoms with Crippen LogP contribution in [-0.2, 0) is 11.3 Å². The van der Waals surface area contributed by atoms with Crippen LogP contribution >= 0.6 is 11.8 Å². The Morgan fingerprint density at radius 2 is 2.15 bits per heavy atom. The predicted molar refractivity (Wildman–Crippen MR) is 107 cm³/mol. The number of hydrogen-bond donors (Lipinski definition) is 2. The van der Waals surface area contributed by atoms with E-state index in [4.69, 9.17) is 5.73 Å². The summed E-state index contributed by atoms with van der Waals surface area (Å²) in [5.74, 6) is 0.475. The highest BCUT2D eigenvalue weighted by Crippen LogP contribution is 2.26. The minimum atomic E-state index is -0.0845. The van der Waals surface area contributed by atoms with Crippen molar-refractivity contribution in [1.29, 1.82) is 0 Å². The number of rotatable bonds is 7. The third kappa shape index (κ3) is 4.19. The highest BCUT2D eigenvalue weighted by atomic mass is 32.2. The summed E-state index contributed by atoms with van der Waals surface area (Å²) in [4.78, 5) is 14.7. The van der Waals surface area contributed by atoms with Gasteiger partial charge in [-0.05, 0) is 43.5 Å². The Morgan fingerprint density at radius 3 is 2.85 bits per heavy atom. The van der Waals surface area contributed by atoms with E-state index in [0.29, 0.717) is 17.6 Å². The van der Waals surface area contributed by atoms with Gasteiger partial charge in [-0.3, -0.25) is 9.36 Å². The van der Waals surface area contributed by atoms with E-state index in [1.165, 1.54) is 30.3 Å². The van der Waals surface area contributed by atoms with Gasteiger partial charge in [0.15, 0.2) is 5.16 Å². The molecule has 0 saturated carbocycles. The van der Waals surface area contributed by atoms with Crippen LogP contribution in [0.3, 0.4) is 0 Å². The summed E-state index contributed by atoms with van der Waals surface area (Å²) in [5, 5.41) is 11.4. The van der Waals surface area contributed by atoms with Crippen molar-refractivity contribution in [3.63, 3.8) is 0 Å². The van der Waals surface area contributed by atoms with Gasteiger partial charge in [-0.25, -0.2) is 0 Å². The summed E-state index contributed by atoms with van der Waals surface area (Å²) in [7, 11) is 0. The third-order valence-corrected chi connectivity index (χ3v) is 5.31. The van der Waals surface area contributed by atoms with Gasteiger partial charge in [0.25, 0.3) is 0 Å². The molecule has 26 heavy (non-hydrogen) atoms. The van der Waals surface area contributed by atoms with E-state index in [0.717, 1.165) is 24.3 Å². The van der Waals surface area contributed by atoms with Crippen LogP contribution in [0, 0.1) is 6.92 Å². The van der Waals surface area contributed by atoms with Crippen LogP contribution in [0.4, 0.5) is 17.3 Å². The highest BCUT2D eigenvalue weighted by molar-refractivity contribution is 7.99. The van der Waals surface area contributed by atoms with E-state index in [1.807, 2.05) is 13.0 Å². The molecule has 2 heterocycles. The van der Waals surface area contributed by atoms with E-state index in [9.17, 15) is 4.79 Å². The zero-order valence-electron chi connectivity index (χ0n) is 14.9. The van der Waals surface area contributed by atoms with E-state index in [1.54, 1.807) is 10.6 Å². The minimum Gasteiger partial charge on any atom is -0.372 e. The number of nitrogens with two attached hydrogens (primary N) is 1. The molecule has 0 atom stereocenters. The molecule has 1 fully saturated rings. The molecule has 1 aliphatic heterocycles. The van der Waals surface area contributed by atoms with E-state index < -0.39 is 0 Å². The van der Waals surface area contributed by atoms with Gasteiger partial charge in [0.1, 0.15) is 0 Å². The van der Waals surface area contributed by atoms with Gasteiger partial charge in [0, 0.05) is 31.0 Å². The maximum absolute atomic E-state index is 12.3. The topological polar surface area (TPSA) is 89.1 Å². The number of nitrogens with one attached hydrogen (secondary N) is 1. The van der Waals surface area contributed by atoms with Gasteiger partial charge in [0.2, 0.25) is 11.9 Å². The normalized spacial score (nSPS) is 13.8. The number of carbonyl (C=O) groups is 1. The van der Waals surface area contributed by atoms with Crippen LogP contribution in [0.2, 0.25) is 0 Å². The van der Waals surface area contributed by atoms with Crippen molar-refractivity contribution in [2.75, 3.05) is 34.8 Å². The molecule has 1 saturated heterocycles. The van der Waals surface area contributed by atoms with Crippen LogP contribution < -0.4 is 16.0 Å². The lowest BCUT2D eigenvalue weighted by Gasteiger charge is -2.19. The first-order valence-electron chi connectivity index (χ1n) is 8.66. The number of aromatic nitrogens is 3. The summed E-state index contributed by atoms with van der Waals surface area (Å²) in [6.45, 7) is 8.44. The number of benzene rings is 1. The van der Waals surface area contributed by atoms with Crippen LogP contribution in [0.5, 0.6) is 0 Å². The molecule has 0 unspecified atom stereocenters. The average molecular weight is 372 g/mol. The summed E-state index contributed by atoms with van der Waals surface area (Å²) in [6, 6.07) is 6.18. The number of nitrogens with zero attached hydrogens (tertiary/aromatic N) is 4. The number of thioether (sulfide) groups is 1. The van der Waals surface area contributed by atoms with Gasteiger partial charge in [-0.15, -0.1) is 16.8 Å². The maximum atomic E-state index is 12.3. The second-order valence-electron chi connectivity index (χ2n) is 6.27. The lowest BCUT2D eigenvalue weighted by atomic mass is 10.1. The molecule has 0 spiro atoms. The highest BCUT2D eigenvalue weighted by Gasteiger charge is 2.15. The fourth-order valence-electron chi connectivity index (χ4n) is 2.98. The quantitative estimate of drug-likeness (QED) is 0.574. The number of allylic oxidation sites excluding steroid dienone is 1. The maximum Gasteiger partial charge on any atom is 0.234 e. The second kappa shape index (κ2) is 8.27. The molecule has 7 nitrogen and oxygen atoms in total. The number of amides is 1.